The summed E-state index contributed by atoms with van der Waals surface area (Å²) >= 11 is 4.21. The first kappa shape index (κ1) is 14.7. The topological polar surface area (TPSA) is 49.4 Å². The van der Waals surface area contributed by atoms with Crippen LogP contribution in [0, 0.1) is 5.92 Å². The molecule has 0 aromatic carbocycles. The van der Waals surface area contributed by atoms with Crippen molar-refractivity contribution in [2.45, 2.75) is 57.5 Å². The van der Waals surface area contributed by atoms with Gasteiger partial charge in [0.25, 0.3) is 0 Å². The van der Waals surface area contributed by atoms with Crippen LogP contribution in [0.25, 0.3) is 0 Å². The number of hydrogen-bond acceptors (Lipinski definition) is 3. The van der Waals surface area contributed by atoms with Crippen molar-refractivity contribution in [2.75, 3.05) is 12.3 Å². The molecule has 4 nitrogen and oxygen atoms in total. The van der Waals surface area contributed by atoms with Crippen LogP contribution in [0.4, 0.5) is 0 Å². The number of thiol groups is 1. The van der Waals surface area contributed by atoms with Crippen LogP contribution in [-0.2, 0) is 9.59 Å². The number of nitrogens with zero attached hydrogens (tertiary/aromatic N) is 1. The zero-order valence-corrected chi connectivity index (χ0v) is 12.5. The Labute approximate surface area is 120 Å². The van der Waals surface area contributed by atoms with Crippen LogP contribution in [0.15, 0.2) is 0 Å². The lowest BCUT2D eigenvalue weighted by Gasteiger charge is -2.45. The molecule has 1 heterocycles. The van der Waals surface area contributed by atoms with Crippen molar-refractivity contribution in [3.63, 3.8) is 0 Å². The van der Waals surface area contributed by atoms with Crippen LogP contribution in [0.5, 0.6) is 0 Å². The van der Waals surface area contributed by atoms with Gasteiger partial charge in [-0.25, -0.2) is 0 Å². The van der Waals surface area contributed by atoms with Crippen molar-refractivity contribution in [1.82, 2.24) is 10.2 Å². The molecular weight excluding hydrogens is 260 g/mol. The monoisotopic (exact) mass is 284 g/mol. The lowest BCUT2D eigenvalue weighted by molar-refractivity contribution is -0.141. The summed E-state index contributed by atoms with van der Waals surface area (Å²) in [5.41, 5.74) is 0. The molecule has 2 aliphatic rings. The summed E-state index contributed by atoms with van der Waals surface area (Å²) in [6, 6.07) is -0.0762. The highest BCUT2D eigenvalue weighted by Gasteiger charge is 2.37. The van der Waals surface area contributed by atoms with E-state index in [0.717, 1.165) is 19.4 Å². The largest absolute Gasteiger partial charge is 0.344 e. The van der Waals surface area contributed by atoms with Gasteiger partial charge in [0.15, 0.2) is 0 Å². The van der Waals surface area contributed by atoms with E-state index in [1.807, 2.05) is 4.90 Å². The van der Waals surface area contributed by atoms with E-state index < -0.39 is 6.04 Å². The molecule has 19 heavy (non-hydrogen) atoms. The Hall–Kier alpha value is -0.710. The van der Waals surface area contributed by atoms with Gasteiger partial charge in [-0.3, -0.25) is 9.59 Å². The minimum Gasteiger partial charge on any atom is -0.344 e. The second-order valence-electron chi connectivity index (χ2n) is 5.72. The van der Waals surface area contributed by atoms with E-state index in [-0.39, 0.29) is 11.8 Å². The molecule has 1 saturated heterocycles. The minimum atomic E-state index is -0.471. The van der Waals surface area contributed by atoms with Gasteiger partial charge in [-0.15, -0.1) is 0 Å². The third kappa shape index (κ3) is 3.44. The Morgan fingerprint density at radius 2 is 1.95 bits per heavy atom. The Morgan fingerprint density at radius 1 is 1.26 bits per heavy atom. The van der Waals surface area contributed by atoms with Crippen molar-refractivity contribution in [3.8, 4) is 0 Å². The van der Waals surface area contributed by atoms with Crippen LogP contribution in [-0.4, -0.2) is 41.1 Å². The third-order valence-corrected chi connectivity index (χ3v) is 4.75. The van der Waals surface area contributed by atoms with E-state index in [9.17, 15) is 9.59 Å². The predicted octanol–water partition coefficient (Wildman–Crippen LogP) is 1.60. The van der Waals surface area contributed by atoms with Crippen LogP contribution in [0.3, 0.4) is 0 Å². The molecule has 1 aliphatic carbocycles. The number of carbonyl (C=O) groups is 2. The Bertz CT molecular complexity index is 346. The molecule has 0 spiro atoms. The van der Waals surface area contributed by atoms with Crippen LogP contribution >= 0.6 is 12.6 Å². The van der Waals surface area contributed by atoms with E-state index >= 15 is 0 Å². The summed E-state index contributed by atoms with van der Waals surface area (Å²) in [7, 11) is 0. The lowest BCUT2D eigenvalue weighted by Crippen LogP contribution is -2.56. The maximum absolute atomic E-state index is 12.6. The quantitative estimate of drug-likeness (QED) is 0.774. The van der Waals surface area contributed by atoms with Crippen molar-refractivity contribution >= 4 is 24.4 Å². The maximum atomic E-state index is 12.6. The summed E-state index contributed by atoms with van der Waals surface area (Å²) in [5, 5.41) is 2.72. The number of nitrogens with one attached hydrogen (secondary N) is 1. The highest BCUT2D eigenvalue weighted by molar-refractivity contribution is 7.80. The first-order valence-corrected chi connectivity index (χ1v) is 7.95. The number of fused-ring (bicyclic) bond motifs is 1. The first-order chi connectivity index (χ1) is 9.13. The molecule has 3 atom stereocenters. The summed E-state index contributed by atoms with van der Waals surface area (Å²) in [6.07, 6.45) is 7.23. The highest BCUT2D eigenvalue weighted by atomic mass is 32.1. The van der Waals surface area contributed by atoms with E-state index in [1.54, 1.807) is 0 Å². The zero-order chi connectivity index (χ0) is 13.8. The molecule has 5 heteroatoms. The van der Waals surface area contributed by atoms with Gasteiger partial charge in [-0.05, 0) is 31.6 Å². The van der Waals surface area contributed by atoms with Gasteiger partial charge in [0.1, 0.15) is 6.04 Å². The number of likely N-dealkylation sites (tertiary alicyclic amines) is 1. The maximum Gasteiger partial charge on any atom is 0.246 e. The predicted molar refractivity (Wildman–Crippen MR) is 78.2 cm³/mol. The van der Waals surface area contributed by atoms with Gasteiger partial charge in [-0.1, -0.05) is 12.8 Å². The number of rotatable bonds is 3. The van der Waals surface area contributed by atoms with Crippen molar-refractivity contribution in [3.05, 3.63) is 0 Å². The van der Waals surface area contributed by atoms with E-state index in [4.69, 9.17) is 0 Å². The summed E-state index contributed by atoms with van der Waals surface area (Å²) < 4.78 is 0. The van der Waals surface area contributed by atoms with Crippen molar-refractivity contribution < 1.29 is 9.59 Å². The van der Waals surface area contributed by atoms with Gasteiger partial charge < -0.3 is 10.2 Å². The molecule has 0 radical (unpaired) electrons. The van der Waals surface area contributed by atoms with E-state index in [2.05, 4.69) is 17.9 Å². The van der Waals surface area contributed by atoms with Gasteiger partial charge in [-0.2, -0.15) is 12.6 Å². The molecule has 1 saturated carbocycles. The standard InChI is InChI=1S/C14H24N2O2S/c1-10(17)15-12(9-19)14(18)16-8-4-6-11-5-2-3-7-13(11)16/h11-13,19H,2-9H2,1H3,(H,15,17). The smallest absolute Gasteiger partial charge is 0.246 e. The summed E-state index contributed by atoms with van der Waals surface area (Å²) in [6.45, 7) is 2.28. The normalized spacial score (nSPS) is 28.4. The van der Waals surface area contributed by atoms with Crippen LogP contribution < -0.4 is 5.32 Å². The van der Waals surface area contributed by atoms with Gasteiger partial charge in [0, 0.05) is 25.3 Å². The Kier molecular flexibility index (Phi) is 5.13. The Balaban J connectivity index is 2.05. The highest BCUT2D eigenvalue weighted by Crippen LogP contribution is 2.35. The van der Waals surface area contributed by atoms with Crippen LogP contribution in [0.1, 0.15) is 45.4 Å². The number of piperidine rings is 1. The average Bonchev–Trinajstić information content (AvgIpc) is 2.43. The average molecular weight is 284 g/mol. The number of amides is 2. The molecule has 1 N–H and O–H groups in total. The molecule has 108 valence electrons. The third-order valence-electron chi connectivity index (χ3n) is 4.38. The molecule has 2 rings (SSSR count). The van der Waals surface area contributed by atoms with Gasteiger partial charge in [0.2, 0.25) is 11.8 Å². The van der Waals surface area contributed by atoms with Gasteiger partial charge in [0.05, 0.1) is 0 Å². The molecule has 0 bridgehead atoms. The van der Waals surface area contributed by atoms with Crippen LogP contribution in [0.2, 0.25) is 0 Å². The molecule has 0 aromatic heterocycles. The minimum absolute atomic E-state index is 0.0572. The zero-order valence-electron chi connectivity index (χ0n) is 11.6. The number of hydrogen-bond donors (Lipinski definition) is 2. The second kappa shape index (κ2) is 6.64. The number of carbonyl (C=O) groups excluding carboxylic acids is 2. The first-order valence-electron chi connectivity index (χ1n) is 7.32. The van der Waals surface area contributed by atoms with Gasteiger partial charge >= 0.3 is 0 Å². The fourth-order valence-electron chi connectivity index (χ4n) is 3.53. The van der Waals surface area contributed by atoms with Crippen molar-refractivity contribution in [2.24, 2.45) is 5.92 Å². The molecule has 2 fully saturated rings. The molecule has 0 aromatic rings. The van der Waals surface area contributed by atoms with E-state index in [0.29, 0.717) is 17.7 Å². The van der Waals surface area contributed by atoms with Crippen molar-refractivity contribution in [1.29, 1.82) is 0 Å². The summed E-state index contributed by atoms with van der Waals surface area (Å²) in [4.78, 5) is 25.8. The molecular formula is C14H24N2O2S. The molecule has 2 amide bonds. The fraction of sp³-hybridized carbons (Fsp3) is 0.857. The van der Waals surface area contributed by atoms with E-state index in [1.165, 1.54) is 32.6 Å². The second-order valence-corrected chi connectivity index (χ2v) is 6.09. The lowest BCUT2D eigenvalue weighted by atomic mass is 9.78. The Morgan fingerprint density at radius 3 is 2.63 bits per heavy atom. The molecule has 3 unspecified atom stereocenters. The fourth-order valence-corrected chi connectivity index (χ4v) is 3.78. The molecule has 1 aliphatic heterocycles. The summed E-state index contributed by atoms with van der Waals surface area (Å²) in [5.74, 6) is 0.933. The SMILES string of the molecule is CC(=O)NC(CS)C(=O)N1CCCC2CCCCC21.